The van der Waals surface area contributed by atoms with E-state index >= 15 is 0 Å². The highest BCUT2D eigenvalue weighted by Crippen LogP contribution is 2.34. The van der Waals surface area contributed by atoms with Gasteiger partial charge in [0.15, 0.2) is 0 Å². The SMILES string of the molecule is CC(C)(C)c1cccc(/C=N\[C@@H]2CCCC[C@H]2/N=C\c2cccc(C(C)(C)C)c2O)c1O. The molecule has 2 aromatic carbocycles. The van der Waals surface area contributed by atoms with Gasteiger partial charge in [-0.05, 0) is 46.9 Å². The minimum Gasteiger partial charge on any atom is -0.507 e. The minimum atomic E-state index is -0.130. The highest BCUT2D eigenvalue weighted by Gasteiger charge is 2.25. The van der Waals surface area contributed by atoms with Crippen molar-refractivity contribution in [3.63, 3.8) is 0 Å². The van der Waals surface area contributed by atoms with Gasteiger partial charge in [-0.1, -0.05) is 78.6 Å². The molecule has 4 heteroatoms. The molecule has 1 aliphatic rings. The van der Waals surface area contributed by atoms with Crippen molar-refractivity contribution in [3.05, 3.63) is 58.7 Å². The van der Waals surface area contributed by atoms with Crippen LogP contribution >= 0.6 is 0 Å². The van der Waals surface area contributed by atoms with Crippen molar-refractivity contribution in [2.75, 3.05) is 0 Å². The molecule has 2 N–H and O–H groups in total. The van der Waals surface area contributed by atoms with E-state index in [9.17, 15) is 10.2 Å². The van der Waals surface area contributed by atoms with E-state index in [0.29, 0.717) is 11.5 Å². The summed E-state index contributed by atoms with van der Waals surface area (Å²) in [6.45, 7) is 12.6. The van der Waals surface area contributed by atoms with Crippen LogP contribution in [0.25, 0.3) is 0 Å². The van der Waals surface area contributed by atoms with Gasteiger partial charge in [0.2, 0.25) is 0 Å². The lowest BCUT2D eigenvalue weighted by Crippen LogP contribution is -2.27. The maximum atomic E-state index is 10.7. The second kappa shape index (κ2) is 9.48. The Morgan fingerprint density at radius 2 is 1.06 bits per heavy atom. The highest BCUT2D eigenvalue weighted by molar-refractivity contribution is 5.85. The third kappa shape index (κ3) is 5.59. The number of phenols is 2. The fourth-order valence-corrected chi connectivity index (χ4v) is 4.33. The molecule has 1 fully saturated rings. The van der Waals surface area contributed by atoms with Crippen LogP contribution in [0.15, 0.2) is 46.4 Å². The van der Waals surface area contributed by atoms with E-state index < -0.39 is 0 Å². The molecule has 0 spiro atoms. The number of aromatic hydroxyl groups is 2. The first-order valence-corrected chi connectivity index (χ1v) is 11.7. The van der Waals surface area contributed by atoms with Crippen molar-refractivity contribution in [3.8, 4) is 11.5 Å². The van der Waals surface area contributed by atoms with Crippen molar-refractivity contribution in [1.82, 2.24) is 0 Å². The van der Waals surface area contributed by atoms with E-state index in [-0.39, 0.29) is 22.9 Å². The Kier molecular flexibility index (Phi) is 7.12. The topological polar surface area (TPSA) is 65.2 Å². The lowest BCUT2D eigenvalue weighted by atomic mass is 9.85. The van der Waals surface area contributed by atoms with Gasteiger partial charge in [0, 0.05) is 23.6 Å². The molecule has 0 amide bonds. The van der Waals surface area contributed by atoms with E-state index in [1.165, 1.54) is 0 Å². The summed E-state index contributed by atoms with van der Waals surface area (Å²) in [5, 5.41) is 21.5. The largest absolute Gasteiger partial charge is 0.507 e. The van der Waals surface area contributed by atoms with Crippen LogP contribution in [-0.2, 0) is 10.8 Å². The molecule has 0 aromatic heterocycles. The van der Waals surface area contributed by atoms with Gasteiger partial charge in [-0.15, -0.1) is 0 Å². The first-order valence-electron chi connectivity index (χ1n) is 11.7. The highest BCUT2D eigenvalue weighted by atomic mass is 16.3. The Hall–Kier alpha value is -2.62. The lowest BCUT2D eigenvalue weighted by molar-refractivity contribution is 0.390. The first kappa shape index (κ1) is 24.0. The van der Waals surface area contributed by atoms with Crippen LogP contribution in [0.4, 0.5) is 0 Å². The molecule has 0 bridgehead atoms. The van der Waals surface area contributed by atoms with Gasteiger partial charge in [0.05, 0.1) is 12.1 Å². The molecule has 3 rings (SSSR count). The Balaban J connectivity index is 1.82. The van der Waals surface area contributed by atoms with E-state index in [1.54, 1.807) is 12.4 Å². The number of para-hydroxylation sites is 2. The van der Waals surface area contributed by atoms with Gasteiger partial charge in [0.25, 0.3) is 0 Å². The molecule has 172 valence electrons. The van der Waals surface area contributed by atoms with Crippen molar-refractivity contribution in [1.29, 1.82) is 0 Å². The van der Waals surface area contributed by atoms with Gasteiger partial charge in [-0.2, -0.15) is 0 Å². The third-order valence-electron chi connectivity index (χ3n) is 6.25. The number of benzene rings is 2. The second-order valence-electron chi connectivity index (χ2n) is 11.0. The summed E-state index contributed by atoms with van der Waals surface area (Å²) >= 11 is 0. The van der Waals surface area contributed by atoms with Crippen molar-refractivity contribution in [2.24, 2.45) is 9.98 Å². The fourth-order valence-electron chi connectivity index (χ4n) is 4.33. The molecule has 4 nitrogen and oxygen atoms in total. The number of phenolic OH excluding ortho intramolecular Hbond substituents is 2. The van der Waals surface area contributed by atoms with E-state index in [2.05, 4.69) is 41.5 Å². The van der Waals surface area contributed by atoms with Crippen LogP contribution in [0.2, 0.25) is 0 Å². The predicted octanol–water partition coefficient (Wildman–Crippen LogP) is 6.54. The van der Waals surface area contributed by atoms with Crippen LogP contribution < -0.4 is 0 Å². The maximum Gasteiger partial charge on any atom is 0.128 e. The number of aliphatic imine (C=N–C) groups is 2. The number of rotatable bonds is 4. The zero-order valence-electron chi connectivity index (χ0n) is 20.4. The smallest absolute Gasteiger partial charge is 0.128 e. The molecule has 0 aliphatic heterocycles. The molecule has 0 saturated heterocycles. The summed E-state index contributed by atoms with van der Waals surface area (Å²) < 4.78 is 0. The predicted molar refractivity (Wildman–Crippen MR) is 135 cm³/mol. The zero-order valence-corrected chi connectivity index (χ0v) is 20.4. The van der Waals surface area contributed by atoms with Gasteiger partial charge in [-0.25, -0.2) is 0 Å². The second-order valence-corrected chi connectivity index (χ2v) is 11.0. The van der Waals surface area contributed by atoms with Crippen molar-refractivity contribution >= 4 is 12.4 Å². The Bertz CT molecular complexity index is 912. The average Bonchev–Trinajstić information content (AvgIpc) is 2.71. The monoisotopic (exact) mass is 434 g/mol. The molecule has 1 aliphatic carbocycles. The van der Waals surface area contributed by atoms with E-state index in [0.717, 1.165) is 47.9 Å². The molecule has 0 unspecified atom stereocenters. The maximum absolute atomic E-state index is 10.7. The summed E-state index contributed by atoms with van der Waals surface area (Å²) in [5.74, 6) is 0.618. The lowest BCUT2D eigenvalue weighted by Gasteiger charge is -2.26. The van der Waals surface area contributed by atoms with E-state index in [1.807, 2.05) is 36.4 Å². The first-order chi connectivity index (χ1) is 15.0. The standard InChI is InChI=1S/C28H38N2O2/c1-27(2,3)21-13-9-11-19(25(21)31)17-29-23-15-7-8-16-24(23)30-18-20-12-10-14-22(26(20)32)28(4,5)6/h9-14,17-18,23-24,31-32H,7-8,15-16H2,1-6H3/b29-17-,30-18-/t23-,24-/m1/s1. The van der Waals surface area contributed by atoms with Crippen molar-refractivity contribution in [2.45, 2.75) is 90.1 Å². The fraction of sp³-hybridized carbons (Fsp3) is 0.500. The Labute approximate surface area is 193 Å². The van der Waals surface area contributed by atoms with Gasteiger partial charge < -0.3 is 10.2 Å². The van der Waals surface area contributed by atoms with Gasteiger partial charge >= 0.3 is 0 Å². The molecule has 0 heterocycles. The zero-order chi connectivity index (χ0) is 23.5. The van der Waals surface area contributed by atoms with Gasteiger partial charge in [-0.3, -0.25) is 9.98 Å². The molecule has 2 aromatic rings. The summed E-state index contributed by atoms with van der Waals surface area (Å²) in [7, 11) is 0. The normalized spacial score (nSPS) is 20.3. The number of nitrogens with zero attached hydrogens (tertiary/aromatic N) is 2. The summed E-state index contributed by atoms with van der Waals surface area (Å²) in [5.41, 5.74) is 3.09. The molecular formula is C28H38N2O2. The van der Waals surface area contributed by atoms with Gasteiger partial charge in [0.1, 0.15) is 11.5 Å². The summed E-state index contributed by atoms with van der Waals surface area (Å²) in [4.78, 5) is 9.70. The van der Waals surface area contributed by atoms with E-state index in [4.69, 9.17) is 9.98 Å². The molecule has 1 saturated carbocycles. The Morgan fingerprint density at radius 1 is 0.688 bits per heavy atom. The van der Waals surface area contributed by atoms with Crippen LogP contribution in [0.3, 0.4) is 0 Å². The molecule has 0 radical (unpaired) electrons. The minimum absolute atomic E-state index is 0.0747. The Morgan fingerprint density at radius 3 is 1.41 bits per heavy atom. The molecule has 2 atom stereocenters. The summed E-state index contributed by atoms with van der Waals surface area (Å²) in [6.07, 6.45) is 7.83. The van der Waals surface area contributed by atoms with Crippen molar-refractivity contribution < 1.29 is 10.2 Å². The van der Waals surface area contributed by atoms with Crippen LogP contribution in [0.1, 0.15) is 89.5 Å². The van der Waals surface area contributed by atoms with Crippen LogP contribution in [-0.4, -0.2) is 34.7 Å². The molecular weight excluding hydrogens is 396 g/mol. The quantitative estimate of drug-likeness (QED) is 0.536. The molecule has 32 heavy (non-hydrogen) atoms. The van der Waals surface area contributed by atoms with Crippen LogP contribution in [0.5, 0.6) is 11.5 Å². The van der Waals surface area contributed by atoms with Crippen LogP contribution in [0, 0.1) is 0 Å². The number of hydrogen-bond donors (Lipinski definition) is 2. The third-order valence-corrected chi connectivity index (χ3v) is 6.25. The summed E-state index contributed by atoms with van der Waals surface area (Å²) in [6, 6.07) is 11.9. The number of hydrogen-bond acceptors (Lipinski definition) is 4. The average molecular weight is 435 g/mol.